The molecule has 0 spiro atoms. The Kier molecular flexibility index (Phi) is 10.00. The van der Waals surface area contributed by atoms with Gasteiger partial charge < -0.3 is 0 Å². The first-order valence-corrected chi connectivity index (χ1v) is 16.8. The molecule has 0 bridgehead atoms. The van der Waals surface area contributed by atoms with Gasteiger partial charge in [0.05, 0.1) is 12.7 Å². The van der Waals surface area contributed by atoms with Crippen molar-refractivity contribution in [3.8, 4) is 0 Å². The van der Waals surface area contributed by atoms with Crippen LogP contribution in [0.25, 0.3) is 0 Å². The molecule has 0 N–H and O–H groups in total. The molecule has 0 aromatic rings. The lowest BCUT2D eigenvalue weighted by molar-refractivity contribution is -0.131. The number of hydrogen-bond acceptors (Lipinski definition) is 5. The summed E-state index contributed by atoms with van der Waals surface area (Å²) in [4.78, 5) is 12.6. The van der Waals surface area contributed by atoms with Crippen LogP contribution in [-0.4, -0.2) is 26.9 Å². The van der Waals surface area contributed by atoms with Gasteiger partial charge in [0.2, 0.25) is 0 Å². The van der Waals surface area contributed by atoms with Crippen molar-refractivity contribution in [1.29, 1.82) is 0 Å². The number of fused-ring (bicyclic) bond motifs is 5. The highest BCUT2D eigenvalue weighted by atomic mass is 32.3. The van der Waals surface area contributed by atoms with Gasteiger partial charge >= 0.3 is 10.4 Å². The van der Waals surface area contributed by atoms with E-state index in [-0.39, 0.29) is 23.5 Å². The van der Waals surface area contributed by atoms with Gasteiger partial charge in [-0.15, -0.1) is 0 Å². The van der Waals surface area contributed by atoms with E-state index in [1.165, 1.54) is 50.5 Å². The molecule has 0 unspecified atom stereocenters. The smallest absolute Gasteiger partial charge is 0.299 e. The van der Waals surface area contributed by atoms with Crippen LogP contribution in [0.3, 0.4) is 0 Å². The lowest BCUT2D eigenvalue weighted by Gasteiger charge is -2.56. The minimum absolute atomic E-state index is 0.108. The van der Waals surface area contributed by atoms with E-state index in [9.17, 15) is 13.2 Å². The molecule has 0 radical (unpaired) electrons. The molecule has 0 heterocycles. The average Bonchev–Trinajstić information content (AvgIpc) is 3.17. The number of hydrogen-bond donors (Lipinski definition) is 0. The quantitative estimate of drug-likeness (QED) is 0.166. The molecule has 6 atom stereocenters. The molecule has 3 fully saturated rings. The summed E-state index contributed by atoms with van der Waals surface area (Å²) in [5, 5.41) is 0. The number of carbonyl (C=O) groups excluding carboxylic acids is 1. The molecule has 0 aromatic carbocycles. The average molecular weight is 537 g/mol. The third kappa shape index (κ3) is 6.72. The van der Waals surface area contributed by atoms with Crippen LogP contribution in [0.5, 0.6) is 0 Å². The second kappa shape index (κ2) is 12.6. The van der Waals surface area contributed by atoms with E-state index >= 15 is 0 Å². The standard InChI is InChI=1S/C31H52O5S/c1-4-5-6-7-8-9-10-11-12-13-22-35-37(33,34)36-25-18-20-30(2)24(23-25)14-15-26-27-16-17-29(32)31(27,3)21-19-28(26)30/h14,25-28H,4-13,15-23H2,1-3H3/t25-,26-,27-,28-,30-,31-/m0/s1. The fourth-order valence-electron chi connectivity index (χ4n) is 8.43. The van der Waals surface area contributed by atoms with Crippen LogP contribution in [0, 0.1) is 28.6 Å². The molecule has 212 valence electrons. The molecular formula is C31H52O5S. The Bertz CT molecular complexity index is 911. The molecule has 0 aromatic heterocycles. The van der Waals surface area contributed by atoms with Gasteiger partial charge in [0.25, 0.3) is 0 Å². The van der Waals surface area contributed by atoms with Gasteiger partial charge in [0.1, 0.15) is 5.78 Å². The topological polar surface area (TPSA) is 69.7 Å². The van der Waals surface area contributed by atoms with Gasteiger partial charge in [-0.2, -0.15) is 8.42 Å². The summed E-state index contributed by atoms with van der Waals surface area (Å²) in [5.74, 6) is 2.18. The fraction of sp³-hybridized carbons (Fsp3) is 0.903. The van der Waals surface area contributed by atoms with Gasteiger partial charge in [0.15, 0.2) is 0 Å². The predicted molar refractivity (Wildman–Crippen MR) is 148 cm³/mol. The number of allylic oxidation sites excluding steroid dienone is 1. The second-order valence-electron chi connectivity index (χ2n) is 13.1. The minimum Gasteiger partial charge on any atom is -0.299 e. The van der Waals surface area contributed by atoms with E-state index in [0.717, 1.165) is 64.2 Å². The fourth-order valence-corrected chi connectivity index (χ4v) is 9.30. The Morgan fingerprint density at radius 2 is 1.49 bits per heavy atom. The molecule has 4 aliphatic carbocycles. The van der Waals surface area contributed by atoms with Crippen LogP contribution in [0.2, 0.25) is 0 Å². The summed E-state index contributed by atoms with van der Waals surface area (Å²) >= 11 is 0. The Morgan fingerprint density at radius 1 is 0.865 bits per heavy atom. The Morgan fingerprint density at radius 3 is 2.19 bits per heavy atom. The van der Waals surface area contributed by atoms with Crippen LogP contribution in [0.15, 0.2) is 11.6 Å². The number of rotatable bonds is 14. The summed E-state index contributed by atoms with van der Waals surface area (Å²) in [6, 6.07) is 0. The van der Waals surface area contributed by atoms with E-state index in [2.05, 4.69) is 26.8 Å². The van der Waals surface area contributed by atoms with Crippen LogP contribution in [0.1, 0.15) is 136 Å². The molecule has 4 aliphatic rings. The largest absolute Gasteiger partial charge is 0.400 e. The van der Waals surface area contributed by atoms with Crippen LogP contribution < -0.4 is 0 Å². The predicted octanol–water partition coefficient (Wildman–Crippen LogP) is 8.09. The Labute approximate surface area is 226 Å². The van der Waals surface area contributed by atoms with Gasteiger partial charge in [-0.1, -0.05) is 90.2 Å². The number of carbonyl (C=O) groups is 1. The lowest BCUT2D eigenvalue weighted by atomic mass is 9.48. The van der Waals surface area contributed by atoms with E-state index in [4.69, 9.17) is 8.37 Å². The zero-order chi connectivity index (χ0) is 26.5. The number of unbranched alkanes of at least 4 members (excludes halogenated alkanes) is 9. The molecule has 6 heteroatoms. The maximum absolute atomic E-state index is 12.6. The van der Waals surface area contributed by atoms with Crippen LogP contribution in [-0.2, 0) is 23.6 Å². The van der Waals surface area contributed by atoms with Crippen molar-refractivity contribution >= 4 is 16.2 Å². The van der Waals surface area contributed by atoms with Gasteiger partial charge in [-0.3, -0.25) is 4.79 Å². The zero-order valence-electron chi connectivity index (χ0n) is 23.8. The van der Waals surface area contributed by atoms with Crippen molar-refractivity contribution in [2.75, 3.05) is 6.61 Å². The van der Waals surface area contributed by atoms with Gasteiger partial charge in [-0.25, -0.2) is 8.37 Å². The summed E-state index contributed by atoms with van der Waals surface area (Å²) in [7, 11) is -3.96. The third-order valence-electron chi connectivity index (χ3n) is 10.7. The summed E-state index contributed by atoms with van der Waals surface area (Å²) < 4.78 is 35.8. The summed E-state index contributed by atoms with van der Waals surface area (Å²) in [6.45, 7) is 7.07. The highest BCUT2D eigenvalue weighted by molar-refractivity contribution is 7.81. The molecule has 3 saturated carbocycles. The molecular weight excluding hydrogens is 484 g/mol. The number of Topliss-reactive ketones (excluding diaryl/α,β-unsaturated/α-hetero) is 1. The molecule has 0 saturated heterocycles. The molecule has 4 rings (SSSR count). The summed E-state index contributed by atoms with van der Waals surface area (Å²) in [6.07, 6.45) is 21.5. The summed E-state index contributed by atoms with van der Waals surface area (Å²) in [5.41, 5.74) is 1.38. The highest BCUT2D eigenvalue weighted by Crippen LogP contribution is 2.64. The van der Waals surface area contributed by atoms with Crippen molar-refractivity contribution in [3.63, 3.8) is 0 Å². The van der Waals surface area contributed by atoms with E-state index in [1.54, 1.807) is 0 Å². The zero-order valence-corrected chi connectivity index (χ0v) is 24.6. The second-order valence-corrected chi connectivity index (χ2v) is 14.3. The first-order chi connectivity index (χ1) is 17.7. The highest BCUT2D eigenvalue weighted by Gasteiger charge is 2.58. The molecule has 37 heavy (non-hydrogen) atoms. The molecule has 0 amide bonds. The SMILES string of the molecule is CCCCCCCCCCCCOS(=O)(=O)O[C@H]1CC[C@@]2(C)C(=CC[C@@H]3[C@@H]2CC[C@]2(C)C(=O)CC[C@@H]32)C1. The minimum atomic E-state index is -3.96. The van der Waals surface area contributed by atoms with Gasteiger partial charge in [0, 0.05) is 11.8 Å². The van der Waals surface area contributed by atoms with E-state index < -0.39 is 10.4 Å². The van der Waals surface area contributed by atoms with E-state index in [0.29, 0.717) is 30.0 Å². The van der Waals surface area contributed by atoms with Crippen molar-refractivity contribution in [3.05, 3.63) is 11.6 Å². The van der Waals surface area contributed by atoms with Crippen molar-refractivity contribution in [2.24, 2.45) is 28.6 Å². The van der Waals surface area contributed by atoms with Crippen LogP contribution in [0.4, 0.5) is 0 Å². The van der Waals surface area contributed by atoms with Crippen molar-refractivity contribution in [2.45, 2.75) is 142 Å². The normalized spacial score (nSPS) is 35.5. The van der Waals surface area contributed by atoms with Crippen molar-refractivity contribution < 1.29 is 21.6 Å². The third-order valence-corrected chi connectivity index (χ3v) is 11.7. The monoisotopic (exact) mass is 536 g/mol. The Balaban J connectivity index is 1.19. The first kappa shape index (κ1) is 29.3. The molecule has 5 nitrogen and oxygen atoms in total. The molecule has 0 aliphatic heterocycles. The van der Waals surface area contributed by atoms with E-state index in [1.807, 2.05) is 0 Å². The maximum Gasteiger partial charge on any atom is 0.400 e. The lowest BCUT2D eigenvalue weighted by Crippen LogP contribution is -2.50. The van der Waals surface area contributed by atoms with Crippen LogP contribution >= 0.6 is 0 Å². The van der Waals surface area contributed by atoms with Gasteiger partial charge in [-0.05, 0) is 74.5 Å². The number of ketones is 1. The Hall–Kier alpha value is -0.720. The van der Waals surface area contributed by atoms with Crippen molar-refractivity contribution in [1.82, 2.24) is 0 Å². The first-order valence-electron chi connectivity index (χ1n) is 15.5. The maximum atomic E-state index is 12.6.